The molecule has 24 heteroatoms. The first-order valence-electron chi connectivity index (χ1n) is 20.3. The minimum Gasteiger partial charge on any atom is -0.480 e. The van der Waals surface area contributed by atoms with Gasteiger partial charge in [0.15, 0.2) is 17.9 Å². The Hall–Kier alpha value is -5.94. The van der Waals surface area contributed by atoms with E-state index >= 15 is 0 Å². The number of likely N-dealkylation sites (tertiary alicyclic amines) is 1. The molecule has 0 aliphatic carbocycles. The van der Waals surface area contributed by atoms with Gasteiger partial charge in [-0.3, -0.25) is 43.7 Å². The van der Waals surface area contributed by atoms with Gasteiger partial charge in [0.25, 0.3) is 0 Å². The number of hydrogen-bond donors (Lipinski definition) is 13. The molecule has 0 unspecified atom stereocenters. The van der Waals surface area contributed by atoms with Gasteiger partial charge in [-0.25, -0.2) is 4.79 Å². The highest BCUT2D eigenvalue weighted by Crippen LogP contribution is 2.21. The lowest BCUT2D eigenvalue weighted by Gasteiger charge is -2.29. The number of hydrogen-bond acceptors (Lipinski definition) is 11. The summed E-state index contributed by atoms with van der Waals surface area (Å²) in [6.45, 7) is 6.03. The summed E-state index contributed by atoms with van der Waals surface area (Å²) in [5.74, 6) is -6.03. The Bertz CT molecular complexity index is 1570. The van der Waals surface area contributed by atoms with Gasteiger partial charge in [0.1, 0.15) is 36.3 Å². The average molecular weight is 851 g/mol. The van der Waals surface area contributed by atoms with Gasteiger partial charge in [-0.15, -0.1) is 0 Å². The number of aliphatic carboxylic acids is 1. The van der Waals surface area contributed by atoms with Crippen LogP contribution in [0.5, 0.6) is 0 Å². The highest BCUT2D eigenvalue weighted by molar-refractivity contribution is 5.97. The highest BCUT2D eigenvalue weighted by Gasteiger charge is 2.39. The molecular formula is C36H66N16O8. The molecule has 2 heterocycles. The van der Waals surface area contributed by atoms with E-state index in [0.29, 0.717) is 32.4 Å². The zero-order chi connectivity index (χ0) is 44.9. The third-order valence-electron chi connectivity index (χ3n) is 9.91. The van der Waals surface area contributed by atoms with Crippen LogP contribution in [0, 0.1) is 5.92 Å². The van der Waals surface area contributed by atoms with Crippen molar-refractivity contribution in [2.24, 2.45) is 55.3 Å². The van der Waals surface area contributed by atoms with E-state index in [1.54, 1.807) is 13.8 Å². The number of nitrogens with zero attached hydrogens (tertiary/aromatic N) is 4. The van der Waals surface area contributed by atoms with Crippen LogP contribution < -0.4 is 66.3 Å². The van der Waals surface area contributed by atoms with E-state index in [1.807, 2.05) is 0 Å². The van der Waals surface area contributed by atoms with Crippen LogP contribution in [-0.4, -0.2) is 144 Å². The summed E-state index contributed by atoms with van der Waals surface area (Å²) < 4.78 is 0. The molecule has 0 aromatic heterocycles. The van der Waals surface area contributed by atoms with Crippen molar-refractivity contribution in [3.05, 3.63) is 0 Å². The van der Waals surface area contributed by atoms with Gasteiger partial charge >= 0.3 is 5.97 Å². The minimum atomic E-state index is -1.27. The van der Waals surface area contributed by atoms with Crippen LogP contribution in [0.15, 0.2) is 15.0 Å². The van der Waals surface area contributed by atoms with Crippen molar-refractivity contribution in [2.75, 3.05) is 32.7 Å². The predicted molar refractivity (Wildman–Crippen MR) is 223 cm³/mol. The van der Waals surface area contributed by atoms with Gasteiger partial charge in [-0.1, -0.05) is 13.8 Å². The molecule has 60 heavy (non-hydrogen) atoms. The van der Waals surface area contributed by atoms with Crippen molar-refractivity contribution in [1.29, 1.82) is 0 Å². The zero-order valence-electron chi connectivity index (χ0n) is 34.8. The Morgan fingerprint density at radius 3 is 1.57 bits per heavy atom. The van der Waals surface area contributed by atoms with Gasteiger partial charge in [-0.2, -0.15) is 0 Å². The maximum Gasteiger partial charge on any atom is 0.326 e. The Balaban J connectivity index is 2.28. The number of nitrogens with one attached hydrogen (secondary N) is 6. The number of guanidine groups is 3. The van der Waals surface area contributed by atoms with Crippen molar-refractivity contribution in [2.45, 2.75) is 127 Å². The van der Waals surface area contributed by atoms with Crippen LogP contribution in [0.25, 0.3) is 0 Å². The Labute approximate surface area is 349 Å². The maximum atomic E-state index is 14.0. The van der Waals surface area contributed by atoms with Crippen molar-refractivity contribution >= 4 is 59.3 Å². The standard InChI is InChI=1S/C36H66N16O8/c1-19(2)26(33(59)60)51-30(56)23(11-6-17-46-36(41)42)48-27(53)20(3)47-28(54)21(9-4-15-44-34(37)38)49-29(55)22(10-5-16-45-35(39)40)50-31(57)25-13-8-18-52(25)32(58)24-12-7-14-43-24/h19-26,43H,4-18H2,1-3H3,(H,47,54)(H,48,53)(H,49,55)(H,50,57)(H,51,56)(H,59,60)(H4,37,38,44)(H4,39,40,45)(H4,41,42,46)/t20-,21-,22-,23-,24-,25-,26-/m0/s1. The second-order valence-corrected chi connectivity index (χ2v) is 15.2. The lowest BCUT2D eigenvalue weighted by Crippen LogP contribution is -2.59. The first kappa shape index (κ1) is 50.2. The number of aliphatic imine (C=N–C) groups is 3. The molecule has 0 saturated carbocycles. The number of carboxylic acid groups (broad SMARTS) is 1. The second kappa shape index (κ2) is 25.5. The van der Waals surface area contributed by atoms with Crippen molar-refractivity contribution < 1.29 is 38.7 Å². The summed E-state index contributed by atoms with van der Waals surface area (Å²) in [6.07, 6.45) is 3.30. The van der Waals surface area contributed by atoms with E-state index in [2.05, 4.69) is 46.9 Å². The van der Waals surface area contributed by atoms with E-state index in [1.165, 1.54) is 11.8 Å². The summed E-state index contributed by atoms with van der Waals surface area (Å²) >= 11 is 0. The Kier molecular flexibility index (Phi) is 21.4. The van der Waals surface area contributed by atoms with Gasteiger partial charge < -0.3 is 76.3 Å². The molecule has 2 aliphatic heterocycles. The fourth-order valence-corrected chi connectivity index (χ4v) is 6.70. The average Bonchev–Trinajstić information content (AvgIpc) is 3.90. The van der Waals surface area contributed by atoms with Crippen molar-refractivity contribution in [3.63, 3.8) is 0 Å². The molecule has 0 radical (unpaired) electrons. The molecule has 19 N–H and O–H groups in total. The summed E-state index contributed by atoms with van der Waals surface area (Å²) in [6, 6.07) is -7.37. The molecule has 338 valence electrons. The smallest absolute Gasteiger partial charge is 0.326 e. The molecule has 2 rings (SSSR count). The molecular weight excluding hydrogens is 784 g/mol. The van der Waals surface area contributed by atoms with Gasteiger partial charge in [0.05, 0.1) is 6.04 Å². The lowest BCUT2D eigenvalue weighted by molar-refractivity contribution is -0.143. The topological polar surface area (TPSA) is 408 Å². The number of amides is 6. The Morgan fingerprint density at radius 2 is 1.12 bits per heavy atom. The van der Waals surface area contributed by atoms with Crippen molar-refractivity contribution in [1.82, 2.24) is 36.8 Å². The number of rotatable bonds is 25. The van der Waals surface area contributed by atoms with Gasteiger partial charge in [-0.05, 0) is 83.6 Å². The zero-order valence-corrected chi connectivity index (χ0v) is 34.8. The summed E-state index contributed by atoms with van der Waals surface area (Å²) in [5.41, 5.74) is 32.6. The SMILES string of the molecule is CC(C)[C@H](NC(=O)[C@H](CCCN=C(N)N)NC(=O)[C@H](C)NC(=O)[C@H](CCCN=C(N)N)NC(=O)[C@H](CCCN=C(N)N)NC(=O)[C@@H]1CCCN1C(=O)[C@@H]1CCCN1)C(=O)O. The van der Waals surface area contributed by atoms with Crippen LogP contribution in [0.3, 0.4) is 0 Å². The molecule has 24 nitrogen and oxygen atoms in total. The van der Waals surface area contributed by atoms with E-state index in [4.69, 9.17) is 34.4 Å². The lowest BCUT2D eigenvalue weighted by atomic mass is 10.0. The fourth-order valence-electron chi connectivity index (χ4n) is 6.70. The number of carboxylic acids is 1. The van der Waals surface area contributed by atoms with Gasteiger partial charge in [0.2, 0.25) is 35.4 Å². The molecule has 6 amide bonds. The van der Waals surface area contributed by atoms with Crippen LogP contribution >= 0.6 is 0 Å². The summed E-state index contributed by atoms with van der Waals surface area (Å²) in [5, 5.41) is 25.8. The van der Waals surface area contributed by atoms with Crippen LogP contribution in [0.1, 0.15) is 85.0 Å². The number of carbonyl (C=O) groups excluding carboxylic acids is 6. The molecule has 0 spiro atoms. The normalized spacial score (nSPS) is 18.4. The maximum absolute atomic E-state index is 14.0. The largest absolute Gasteiger partial charge is 0.480 e. The molecule has 7 atom stereocenters. The molecule has 0 aromatic carbocycles. The second-order valence-electron chi connectivity index (χ2n) is 15.2. The fraction of sp³-hybridized carbons (Fsp3) is 0.722. The molecule has 0 bridgehead atoms. The quantitative estimate of drug-likeness (QED) is 0.0233. The van der Waals surface area contributed by atoms with E-state index < -0.39 is 77.7 Å². The number of nitrogens with two attached hydrogens (primary N) is 6. The first-order valence-corrected chi connectivity index (χ1v) is 20.3. The van der Waals surface area contributed by atoms with E-state index in [-0.39, 0.29) is 88.0 Å². The van der Waals surface area contributed by atoms with E-state index in [0.717, 1.165) is 6.42 Å². The van der Waals surface area contributed by atoms with E-state index in [9.17, 15) is 38.7 Å². The monoisotopic (exact) mass is 851 g/mol. The molecule has 0 aromatic rings. The van der Waals surface area contributed by atoms with Crippen LogP contribution in [-0.2, 0) is 33.6 Å². The predicted octanol–water partition coefficient (Wildman–Crippen LogP) is -4.93. The first-order chi connectivity index (χ1) is 28.3. The molecule has 2 fully saturated rings. The third kappa shape index (κ3) is 17.5. The van der Waals surface area contributed by atoms with Crippen molar-refractivity contribution in [3.8, 4) is 0 Å². The minimum absolute atomic E-state index is 0.00173. The number of carbonyl (C=O) groups is 7. The van der Waals surface area contributed by atoms with Crippen LogP contribution in [0.4, 0.5) is 0 Å². The molecule has 2 aliphatic rings. The van der Waals surface area contributed by atoms with Crippen LogP contribution in [0.2, 0.25) is 0 Å². The summed E-state index contributed by atoms with van der Waals surface area (Å²) in [4.78, 5) is 106. The Morgan fingerprint density at radius 1 is 0.650 bits per heavy atom. The third-order valence-corrected chi connectivity index (χ3v) is 9.91. The molecule has 2 saturated heterocycles. The summed E-state index contributed by atoms with van der Waals surface area (Å²) in [7, 11) is 0. The highest BCUT2D eigenvalue weighted by atomic mass is 16.4. The van der Waals surface area contributed by atoms with Gasteiger partial charge in [0, 0.05) is 26.2 Å².